The number of carbonyl (C=O) groups excluding carboxylic acids is 1. The van der Waals surface area contributed by atoms with Crippen LogP contribution in [0.15, 0.2) is 30.6 Å². The Morgan fingerprint density at radius 2 is 2.21 bits per heavy atom. The average Bonchev–Trinajstić information content (AvgIpc) is 2.81. The van der Waals surface area contributed by atoms with E-state index < -0.39 is 0 Å². The Kier molecular flexibility index (Phi) is 3.55. The Morgan fingerprint density at radius 1 is 1.47 bits per heavy atom. The van der Waals surface area contributed by atoms with Crippen molar-refractivity contribution in [2.45, 2.75) is 13.8 Å². The fourth-order valence-electron chi connectivity index (χ4n) is 2.00. The normalized spacial score (nSPS) is 10.5. The zero-order chi connectivity index (χ0) is 14.0. The molecule has 1 heterocycles. The average molecular weight is 259 g/mol. The highest BCUT2D eigenvalue weighted by atomic mass is 16.3. The van der Waals surface area contributed by atoms with Crippen LogP contribution in [0.4, 0.5) is 5.69 Å². The van der Waals surface area contributed by atoms with Crippen molar-refractivity contribution >= 4 is 11.6 Å². The van der Waals surface area contributed by atoms with Gasteiger partial charge in [-0.05, 0) is 25.5 Å². The summed E-state index contributed by atoms with van der Waals surface area (Å²) in [6.45, 7) is 4.34. The summed E-state index contributed by atoms with van der Waals surface area (Å²) in [7, 11) is 1.77. The molecule has 0 radical (unpaired) electrons. The smallest absolute Gasteiger partial charge is 0.261 e. The molecule has 0 bridgehead atoms. The van der Waals surface area contributed by atoms with Crippen molar-refractivity contribution in [1.82, 2.24) is 9.78 Å². The van der Waals surface area contributed by atoms with Gasteiger partial charge in [0, 0.05) is 25.9 Å². The Bertz CT molecular complexity index is 604. The summed E-state index contributed by atoms with van der Waals surface area (Å²) in [6.07, 6.45) is 3.23. The number of aryl methyl sites for hydroxylation is 2. The fourth-order valence-corrected chi connectivity index (χ4v) is 2.00. The van der Waals surface area contributed by atoms with E-state index in [0.717, 1.165) is 11.3 Å². The van der Waals surface area contributed by atoms with Gasteiger partial charge in [-0.15, -0.1) is 0 Å². The van der Waals surface area contributed by atoms with Gasteiger partial charge in [-0.3, -0.25) is 9.48 Å². The van der Waals surface area contributed by atoms with Gasteiger partial charge in [-0.25, -0.2) is 0 Å². The van der Waals surface area contributed by atoms with Gasteiger partial charge in [0.15, 0.2) is 0 Å². The largest absolute Gasteiger partial charge is 0.508 e. The van der Waals surface area contributed by atoms with Crippen LogP contribution in [0.3, 0.4) is 0 Å². The zero-order valence-electron chi connectivity index (χ0n) is 11.3. The predicted molar refractivity (Wildman–Crippen MR) is 73.4 cm³/mol. The van der Waals surface area contributed by atoms with E-state index >= 15 is 0 Å². The molecule has 0 atom stereocenters. The molecule has 1 N–H and O–H groups in total. The van der Waals surface area contributed by atoms with Crippen LogP contribution < -0.4 is 4.90 Å². The molecule has 1 amide bonds. The number of nitrogens with zero attached hydrogens (tertiary/aromatic N) is 3. The maximum absolute atomic E-state index is 12.4. The van der Waals surface area contributed by atoms with Crippen LogP contribution >= 0.6 is 0 Å². The molecule has 1 aromatic carbocycles. The lowest BCUT2D eigenvalue weighted by atomic mass is 10.1. The summed E-state index contributed by atoms with van der Waals surface area (Å²) >= 11 is 0. The summed E-state index contributed by atoms with van der Waals surface area (Å²) < 4.78 is 1.59. The van der Waals surface area contributed by atoms with E-state index in [4.69, 9.17) is 0 Å². The molecule has 0 aliphatic carbocycles. The second-order valence-corrected chi connectivity index (χ2v) is 4.42. The number of amides is 1. The van der Waals surface area contributed by atoms with Gasteiger partial charge in [0.1, 0.15) is 5.75 Å². The highest BCUT2D eigenvalue weighted by molar-refractivity contribution is 6.06. The van der Waals surface area contributed by atoms with Crippen molar-refractivity contribution in [3.8, 4) is 5.75 Å². The SMILES string of the molecule is CCN(C(=O)c1cnn(C)c1)c1cc(O)ccc1C. The molecule has 5 nitrogen and oxygen atoms in total. The Labute approximate surface area is 112 Å². The monoisotopic (exact) mass is 259 g/mol. The van der Waals surface area contributed by atoms with Gasteiger partial charge >= 0.3 is 0 Å². The van der Waals surface area contributed by atoms with Crippen LogP contribution in [0, 0.1) is 6.92 Å². The molecule has 0 saturated heterocycles. The van der Waals surface area contributed by atoms with Crippen LogP contribution in [0.5, 0.6) is 5.75 Å². The Hall–Kier alpha value is -2.30. The minimum absolute atomic E-state index is 0.121. The maximum atomic E-state index is 12.4. The van der Waals surface area contributed by atoms with Crippen molar-refractivity contribution in [3.05, 3.63) is 41.7 Å². The number of hydrogen-bond acceptors (Lipinski definition) is 3. The third-order valence-electron chi connectivity index (χ3n) is 3.00. The lowest BCUT2D eigenvalue weighted by Gasteiger charge is -2.22. The van der Waals surface area contributed by atoms with Crippen LogP contribution in [-0.4, -0.2) is 27.3 Å². The summed E-state index contributed by atoms with van der Waals surface area (Å²) in [6, 6.07) is 5.01. The highest BCUT2D eigenvalue weighted by Gasteiger charge is 2.19. The molecule has 2 aromatic rings. The first kappa shape index (κ1) is 13.1. The lowest BCUT2D eigenvalue weighted by molar-refractivity contribution is 0.0988. The first-order valence-electron chi connectivity index (χ1n) is 6.13. The molecule has 0 fully saturated rings. The third kappa shape index (κ3) is 2.59. The van der Waals surface area contributed by atoms with E-state index in [9.17, 15) is 9.90 Å². The molecule has 0 aliphatic rings. The molecule has 100 valence electrons. The molecule has 0 spiro atoms. The molecule has 0 unspecified atom stereocenters. The number of benzene rings is 1. The van der Waals surface area contributed by atoms with Crippen LogP contribution in [0.25, 0.3) is 0 Å². The minimum Gasteiger partial charge on any atom is -0.508 e. The van der Waals surface area contributed by atoms with E-state index in [-0.39, 0.29) is 11.7 Å². The third-order valence-corrected chi connectivity index (χ3v) is 3.00. The number of anilines is 1. The second kappa shape index (κ2) is 5.14. The van der Waals surface area contributed by atoms with Crippen molar-refractivity contribution in [2.75, 3.05) is 11.4 Å². The van der Waals surface area contributed by atoms with Gasteiger partial charge < -0.3 is 10.0 Å². The van der Waals surface area contributed by atoms with Gasteiger partial charge in [0.05, 0.1) is 17.4 Å². The number of phenols is 1. The van der Waals surface area contributed by atoms with Crippen molar-refractivity contribution in [1.29, 1.82) is 0 Å². The standard InChI is InChI=1S/C14H17N3O2/c1-4-17(13-7-12(18)6-5-10(13)2)14(19)11-8-15-16(3)9-11/h5-9,18H,4H2,1-3H3. The topological polar surface area (TPSA) is 58.4 Å². The zero-order valence-corrected chi connectivity index (χ0v) is 11.3. The molecule has 0 saturated carbocycles. The summed E-state index contributed by atoms with van der Waals surface area (Å²) in [5, 5.41) is 13.6. The Balaban J connectivity index is 2.39. The lowest BCUT2D eigenvalue weighted by Crippen LogP contribution is -2.31. The van der Waals surface area contributed by atoms with E-state index in [2.05, 4.69) is 5.10 Å². The van der Waals surface area contributed by atoms with E-state index in [1.807, 2.05) is 13.8 Å². The highest BCUT2D eigenvalue weighted by Crippen LogP contribution is 2.26. The van der Waals surface area contributed by atoms with Gasteiger partial charge in [-0.2, -0.15) is 5.10 Å². The molecule has 2 rings (SSSR count). The number of hydrogen-bond donors (Lipinski definition) is 1. The maximum Gasteiger partial charge on any atom is 0.261 e. The van der Waals surface area contributed by atoms with Crippen LogP contribution in [0.2, 0.25) is 0 Å². The fraction of sp³-hybridized carbons (Fsp3) is 0.286. The summed E-state index contributed by atoms with van der Waals surface area (Å²) in [5.74, 6) is 0.0299. The molecular formula is C14H17N3O2. The number of carbonyl (C=O) groups is 1. The van der Waals surface area contributed by atoms with E-state index in [1.54, 1.807) is 47.2 Å². The van der Waals surface area contributed by atoms with Crippen molar-refractivity contribution < 1.29 is 9.90 Å². The van der Waals surface area contributed by atoms with Crippen molar-refractivity contribution in [3.63, 3.8) is 0 Å². The number of rotatable bonds is 3. The molecule has 5 heteroatoms. The minimum atomic E-state index is -0.121. The van der Waals surface area contributed by atoms with Crippen LogP contribution in [0.1, 0.15) is 22.8 Å². The molecule has 19 heavy (non-hydrogen) atoms. The number of aromatic hydroxyl groups is 1. The second-order valence-electron chi connectivity index (χ2n) is 4.42. The van der Waals surface area contributed by atoms with Gasteiger partial charge in [-0.1, -0.05) is 6.07 Å². The summed E-state index contributed by atoms with van der Waals surface area (Å²) in [5.41, 5.74) is 2.19. The number of aromatic nitrogens is 2. The van der Waals surface area contributed by atoms with Gasteiger partial charge in [0.2, 0.25) is 0 Å². The molecule has 0 aliphatic heterocycles. The van der Waals surface area contributed by atoms with Gasteiger partial charge in [0.25, 0.3) is 5.91 Å². The first-order chi connectivity index (χ1) is 9.02. The Morgan fingerprint density at radius 3 is 2.79 bits per heavy atom. The van der Waals surface area contributed by atoms with Crippen LogP contribution in [-0.2, 0) is 7.05 Å². The quantitative estimate of drug-likeness (QED) is 0.918. The van der Waals surface area contributed by atoms with E-state index in [1.165, 1.54) is 0 Å². The first-order valence-corrected chi connectivity index (χ1v) is 6.13. The molecular weight excluding hydrogens is 242 g/mol. The summed E-state index contributed by atoms with van der Waals surface area (Å²) in [4.78, 5) is 14.1. The van der Waals surface area contributed by atoms with Crippen molar-refractivity contribution in [2.24, 2.45) is 7.05 Å². The van der Waals surface area contributed by atoms with E-state index in [0.29, 0.717) is 12.1 Å². The number of phenolic OH excluding ortho intramolecular Hbond substituents is 1. The molecule has 1 aromatic heterocycles. The predicted octanol–water partition coefficient (Wildman–Crippen LogP) is 2.10.